The maximum absolute atomic E-state index is 12.6. The highest BCUT2D eigenvalue weighted by Crippen LogP contribution is 2.37. The van der Waals surface area contributed by atoms with Crippen LogP contribution in [0.2, 0.25) is 0 Å². The van der Waals surface area contributed by atoms with Crippen LogP contribution in [0.5, 0.6) is 11.5 Å². The molecule has 0 spiro atoms. The van der Waals surface area contributed by atoms with Gasteiger partial charge in [-0.25, -0.2) is 4.98 Å². The van der Waals surface area contributed by atoms with Crippen molar-refractivity contribution in [2.45, 2.75) is 57.5 Å². The molecule has 32 heavy (non-hydrogen) atoms. The second-order valence-electron chi connectivity index (χ2n) is 9.09. The van der Waals surface area contributed by atoms with Crippen molar-refractivity contribution in [3.05, 3.63) is 53.4 Å². The molecule has 1 aliphatic heterocycles. The van der Waals surface area contributed by atoms with Gasteiger partial charge in [-0.05, 0) is 74.4 Å². The fourth-order valence-electron chi connectivity index (χ4n) is 4.94. The molecule has 6 nitrogen and oxygen atoms in total. The van der Waals surface area contributed by atoms with Crippen LogP contribution >= 0.6 is 0 Å². The molecular weight excluding hydrogens is 404 g/mol. The summed E-state index contributed by atoms with van der Waals surface area (Å²) in [4.78, 5) is 17.2. The SMILES string of the molecule is COc1ccc([C@H]2CNC(=O)[C@H](Cc3nc4cc(C)ccc4o3)C2)cc1OC1CCCC1. The van der Waals surface area contributed by atoms with Crippen LogP contribution in [0.15, 0.2) is 40.8 Å². The van der Waals surface area contributed by atoms with Crippen molar-refractivity contribution in [1.82, 2.24) is 10.3 Å². The molecular formula is C26H30N2O4. The lowest BCUT2D eigenvalue weighted by Gasteiger charge is -2.29. The molecule has 0 bridgehead atoms. The van der Waals surface area contributed by atoms with Gasteiger partial charge in [-0.2, -0.15) is 0 Å². The number of piperidine rings is 1. The maximum atomic E-state index is 12.6. The molecule has 2 aromatic carbocycles. The van der Waals surface area contributed by atoms with E-state index in [1.807, 2.05) is 31.2 Å². The van der Waals surface area contributed by atoms with Gasteiger partial charge in [0.25, 0.3) is 0 Å². The molecule has 2 heterocycles. The van der Waals surface area contributed by atoms with E-state index in [-0.39, 0.29) is 23.8 Å². The van der Waals surface area contributed by atoms with Crippen molar-refractivity contribution in [3.63, 3.8) is 0 Å². The number of ether oxygens (including phenoxy) is 2. The van der Waals surface area contributed by atoms with Gasteiger partial charge in [0.05, 0.1) is 13.2 Å². The first-order valence-electron chi connectivity index (χ1n) is 11.6. The number of hydrogen-bond acceptors (Lipinski definition) is 5. The number of fused-ring (bicyclic) bond motifs is 1. The topological polar surface area (TPSA) is 73.6 Å². The van der Waals surface area contributed by atoms with E-state index in [9.17, 15) is 4.79 Å². The summed E-state index contributed by atoms with van der Waals surface area (Å²) < 4.78 is 17.7. The third-order valence-electron chi connectivity index (χ3n) is 6.73. The average Bonchev–Trinajstić information content (AvgIpc) is 3.44. The first kappa shape index (κ1) is 20.9. The first-order chi connectivity index (χ1) is 15.6. The van der Waals surface area contributed by atoms with Gasteiger partial charge in [-0.1, -0.05) is 12.1 Å². The number of benzene rings is 2. The van der Waals surface area contributed by atoms with Crippen LogP contribution in [0.4, 0.5) is 0 Å². The number of nitrogens with one attached hydrogen (secondary N) is 1. The summed E-state index contributed by atoms with van der Waals surface area (Å²) in [5.74, 6) is 2.28. The predicted molar refractivity (Wildman–Crippen MR) is 122 cm³/mol. The van der Waals surface area contributed by atoms with Gasteiger partial charge in [-0.3, -0.25) is 4.79 Å². The Morgan fingerprint density at radius 2 is 1.97 bits per heavy atom. The van der Waals surface area contributed by atoms with E-state index in [1.165, 1.54) is 12.8 Å². The Labute approximate surface area is 188 Å². The van der Waals surface area contributed by atoms with Gasteiger partial charge in [0.2, 0.25) is 5.91 Å². The zero-order valence-corrected chi connectivity index (χ0v) is 18.7. The lowest BCUT2D eigenvalue weighted by atomic mass is 9.83. The first-order valence-corrected chi connectivity index (χ1v) is 11.6. The lowest BCUT2D eigenvalue weighted by molar-refractivity contribution is -0.127. The zero-order valence-electron chi connectivity index (χ0n) is 18.7. The van der Waals surface area contributed by atoms with Gasteiger partial charge < -0.3 is 19.2 Å². The van der Waals surface area contributed by atoms with E-state index in [4.69, 9.17) is 13.9 Å². The number of carbonyl (C=O) groups is 1. The zero-order chi connectivity index (χ0) is 22.1. The highest BCUT2D eigenvalue weighted by molar-refractivity contribution is 5.80. The standard InChI is InChI=1S/C26H30N2O4/c1-16-7-9-22-21(11-16)28-25(32-22)14-18-12-19(15-27-26(18)29)17-8-10-23(30-2)24(13-17)31-20-5-3-4-6-20/h7-11,13,18-20H,3-6,12,14-15H2,1-2H3,(H,27,29)/t18-,19+/m0/s1. The van der Waals surface area contributed by atoms with E-state index in [0.717, 1.165) is 53.0 Å². The number of oxazole rings is 1. The Hall–Kier alpha value is -3.02. The number of rotatable bonds is 6. The minimum atomic E-state index is -0.177. The normalized spacial score (nSPS) is 21.6. The third-order valence-corrected chi connectivity index (χ3v) is 6.73. The molecule has 1 saturated heterocycles. The average molecular weight is 435 g/mol. The lowest BCUT2D eigenvalue weighted by Crippen LogP contribution is -2.41. The van der Waals surface area contributed by atoms with Crippen molar-refractivity contribution in [2.24, 2.45) is 5.92 Å². The molecule has 1 amide bonds. The number of hydrogen-bond donors (Lipinski definition) is 1. The fourth-order valence-corrected chi connectivity index (χ4v) is 4.94. The van der Waals surface area contributed by atoms with Gasteiger partial charge in [0, 0.05) is 24.8 Å². The van der Waals surface area contributed by atoms with E-state index in [2.05, 4.69) is 22.4 Å². The van der Waals surface area contributed by atoms with E-state index >= 15 is 0 Å². The molecule has 1 aliphatic carbocycles. The molecule has 3 aromatic rings. The highest BCUT2D eigenvalue weighted by atomic mass is 16.5. The van der Waals surface area contributed by atoms with Crippen LogP contribution in [-0.2, 0) is 11.2 Å². The van der Waals surface area contributed by atoms with Crippen LogP contribution in [0, 0.1) is 12.8 Å². The van der Waals surface area contributed by atoms with Crippen LogP contribution < -0.4 is 14.8 Å². The van der Waals surface area contributed by atoms with Crippen LogP contribution in [0.1, 0.15) is 55.0 Å². The van der Waals surface area contributed by atoms with Crippen LogP contribution in [-0.4, -0.2) is 30.6 Å². The van der Waals surface area contributed by atoms with Crippen molar-refractivity contribution in [1.29, 1.82) is 0 Å². The van der Waals surface area contributed by atoms with Crippen molar-refractivity contribution in [3.8, 4) is 11.5 Å². The molecule has 168 valence electrons. The summed E-state index contributed by atoms with van der Waals surface area (Å²) >= 11 is 0. The Kier molecular flexibility index (Phi) is 5.77. The maximum Gasteiger partial charge on any atom is 0.223 e. The summed E-state index contributed by atoms with van der Waals surface area (Å²) in [5.41, 5.74) is 3.92. The number of aromatic nitrogens is 1. The molecule has 2 atom stereocenters. The number of carbonyl (C=O) groups excluding carboxylic acids is 1. The second-order valence-corrected chi connectivity index (χ2v) is 9.09. The fraction of sp³-hybridized carbons (Fsp3) is 0.462. The Morgan fingerprint density at radius 1 is 1.12 bits per heavy atom. The largest absolute Gasteiger partial charge is 0.493 e. The summed E-state index contributed by atoms with van der Waals surface area (Å²) in [6.07, 6.45) is 6.14. The Morgan fingerprint density at radius 3 is 2.78 bits per heavy atom. The molecule has 2 fully saturated rings. The summed E-state index contributed by atoms with van der Waals surface area (Å²) in [6.45, 7) is 2.66. The van der Waals surface area contributed by atoms with E-state index in [0.29, 0.717) is 18.9 Å². The van der Waals surface area contributed by atoms with Crippen LogP contribution in [0.3, 0.4) is 0 Å². The molecule has 2 aliphatic rings. The quantitative estimate of drug-likeness (QED) is 0.596. The van der Waals surface area contributed by atoms with E-state index < -0.39 is 0 Å². The monoisotopic (exact) mass is 434 g/mol. The number of amides is 1. The molecule has 0 radical (unpaired) electrons. The minimum Gasteiger partial charge on any atom is -0.493 e. The van der Waals surface area contributed by atoms with Crippen LogP contribution in [0.25, 0.3) is 11.1 Å². The van der Waals surface area contributed by atoms with Gasteiger partial charge in [0.15, 0.2) is 23.0 Å². The van der Waals surface area contributed by atoms with Crippen molar-refractivity contribution >= 4 is 17.0 Å². The molecule has 0 unspecified atom stereocenters. The third kappa shape index (κ3) is 4.31. The Bertz CT molecular complexity index is 1120. The summed E-state index contributed by atoms with van der Waals surface area (Å²) in [7, 11) is 1.68. The molecule has 1 aromatic heterocycles. The molecule has 1 N–H and O–H groups in total. The van der Waals surface area contributed by atoms with Gasteiger partial charge in [-0.15, -0.1) is 0 Å². The second kappa shape index (κ2) is 8.85. The summed E-state index contributed by atoms with van der Waals surface area (Å²) in [6, 6.07) is 12.1. The van der Waals surface area contributed by atoms with Crippen molar-refractivity contribution in [2.75, 3.05) is 13.7 Å². The number of aryl methyl sites for hydroxylation is 1. The number of nitrogens with zero attached hydrogens (tertiary/aromatic N) is 1. The van der Waals surface area contributed by atoms with Gasteiger partial charge >= 0.3 is 0 Å². The highest BCUT2D eigenvalue weighted by Gasteiger charge is 2.31. The molecule has 6 heteroatoms. The van der Waals surface area contributed by atoms with E-state index in [1.54, 1.807) is 7.11 Å². The van der Waals surface area contributed by atoms with Crippen molar-refractivity contribution < 1.29 is 18.7 Å². The van der Waals surface area contributed by atoms with Gasteiger partial charge in [0.1, 0.15) is 5.52 Å². The Balaban J connectivity index is 1.33. The smallest absolute Gasteiger partial charge is 0.223 e. The predicted octanol–water partition coefficient (Wildman–Crippen LogP) is 4.93. The molecule has 1 saturated carbocycles. The number of methoxy groups -OCH3 is 1. The molecule has 5 rings (SSSR count). The minimum absolute atomic E-state index is 0.0654. The summed E-state index contributed by atoms with van der Waals surface area (Å²) in [5, 5.41) is 3.08.